The van der Waals surface area contributed by atoms with Crippen LogP contribution < -0.4 is 5.32 Å². The summed E-state index contributed by atoms with van der Waals surface area (Å²) in [5, 5.41) is 3.22. The highest BCUT2D eigenvalue weighted by atomic mass is 16.2. The molecule has 116 valence electrons. The zero-order chi connectivity index (χ0) is 15.5. The van der Waals surface area contributed by atoms with Gasteiger partial charge in [-0.1, -0.05) is 34.6 Å². The third-order valence-corrected chi connectivity index (χ3v) is 3.91. The number of nitrogens with one attached hydrogen (secondary N) is 1. The molecule has 0 aromatic heterocycles. The Kier molecular flexibility index (Phi) is 5.75. The van der Waals surface area contributed by atoms with E-state index in [1.807, 2.05) is 20.8 Å². The SMILES string of the molecule is CC(C)C[C@H](C(=O)C(C)(C)C)N(C)C(=O)C1CCCN1. The monoisotopic (exact) mass is 282 g/mol. The summed E-state index contributed by atoms with van der Waals surface area (Å²) in [5.41, 5.74) is -0.419. The molecule has 0 aliphatic carbocycles. The molecule has 1 rings (SSSR count). The van der Waals surface area contributed by atoms with E-state index in [9.17, 15) is 9.59 Å². The first kappa shape index (κ1) is 17.2. The number of hydrogen-bond acceptors (Lipinski definition) is 3. The maximum atomic E-state index is 12.6. The fourth-order valence-electron chi connectivity index (χ4n) is 2.68. The zero-order valence-electron chi connectivity index (χ0n) is 13.8. The van der Waals surface area contributed by atoms with Crippen molar-refractivity contribution in [2.45, 2.75) is 66.0 Å². The summed E-state index contributed by atoms with van der Waals surface area (Å²) < 4.78 is 0. The highest BCUT2D eigenvalue weighted by Gasteiger charge is 2.37. The Morgan fingerprint density at radius 3 is 2.30 bits per heavy atom. The minimum atomic E-state index is -0.419. The molecule has 2 atom stereocenters. The van der Waals surface area contributed by atoms with Gasteiger partial charge in [-0.15, -0.1) is 0 Å². The van der Waals surface area contributed by atoms with Crippen molar-refractivity contribution in [3.63, 3.8) is 0 Å². The molecule has 1 amide bonds. The normalized spacial score (nSPS) is 21.1. The first-order valence-corrected chi connectivity index (χ1v) is 7.69. The third-order valence-electron chi connectivity index (χ3n) is 3.91. The van der Waals surface area contributed by atoms with Crippen LogP contribution in [0.1, 0.15) is 53.9 Å². The summed E-state index contributed by atoms with van der Waals surface area (Å²) in [7, 11) is 1.78. The van der Waals surface area contributed by atoms with Gasteiger partial charge in [0, 0.05) is 12.5 Å². The van der Waals surface area contributed by atoms with Crippen molar-refractivity contribution >= 4 is 11.7 Å². The molecule has 0 spiro atoms. The largest absolute Gasteiger partial charge is 0.334 e. The molecule has 1 saturated heterocycles. The number of Topliss-reactive ketones (excluding diaryl/α,β-unsaturated/α-hetero) is 1. The van der Waals surface area contributed by atoms with Crippen molar-refractivity contribution < 1.29 is 9.59 Å². The third kappa shape index (κ3) is 4.30. The van der Waals surface area contributed by atoms with Crippen LogP contribution in [-0.4, -0.2) is 42.3 Å². The molecule has 1 unspecified atom stereocenters. The van der Waals surface area contributed by atoms with Crippen LogP contribution in [0.3, 0.4) is 0 Å². The highest BCUT2D eigenvalue weighted by Crippen LogP contribution is 2.24. The summed E-state index contributed by atoms with van der Waals surface area (Å²) in [6.07, 6.45) is 2.64. The van der Waals surface area contributed by atoms with Crippen molar-refractivity contribution in [3.05, 3.63) is 0 Å². The Bertz CT molecular complexity index is 352. The molecule has 4 heteroatoms. The topological polar surface area (TPSA) is 49.4 Å². The van der Waals surface area contributed by atoms with Crippen LogP contribution in [0.5, 0.6) is 0 Å². The Labute approximate surface area is 123 Å². The smallest absolute Gasteiger partial charge is 0.240 e. The van der Waals surface area contributed by atoms with E-state index in [1.165, 1.54) is 0 Å². The Balaban J connectivity index is 2.86. The minimum absolute atomic E-state index is 0.0609. The van der Waals surface area contributed by atoms with E-state index in [2.05, 4.69) is 19.2 Å². The van der Waals surface area contributed by atoms with Crippen molar-refractivity contribution in [2.75, 3.05) is 13.6 Å². The molecule has 0 saturated carbocycles. The zero-order valence-corrected chi connectivity index (χ0v) is 13.8. The number of carbonyl (C=O) groups excluding carboxylic acids is 2. The second-order valence-electron chi connectivity index (χ2n) is 7.36. The molecule has 1 aliphatic rings. The molecule has 20 heavy (non-hydrogen) atoms. The standard InChI is InChI=1S/C16H30N2O2/c1-11(2)10-13(14(19)16(3,4)5)18(6)15(20)12-8-7-9-17-12/h11-13,17H,7-10H2,1-6H3/t12?,13-/m1/s1. The molecule has 0 aromatic rings. The molecule has 0 aromatic carbocycles. The van der Waals surface area contributed by atoms with Crippen LogP contribution in [0.15, 0.2) is 0 Å². The number of carbonyl (C=O) groups is 2. The van der Waals surface area contributed by atoms with Gasteiger partial charge < -0.3 is 10.2 Å². The average molecular weight is 282 g/mol. The lowest BCUT2D eigenvalue weighted by molar-refractivity contribution is -0.143. The van der Waals surface area contributed by atoms with Gasteiger partial charge in [0.1, 0.15) is 0 Å². The van der Waals surface area contributed by atoms with Gasteiger partial charge in [0.25, 0.3) is 0 Å². The van der Waals surface area contributed by atoms with Gasteiger partial charge in [-0.3, -0.25) is 9.59 Å². The summed E-state index contributed by atoms with van der Waals surface area (Å²) in [4.78, 5) is 26.8. The molecule has 1 N–H and O–H groups in total. The summed E-state index contributed by atoms with van der Waals surface area (Å²) >= 11 is 0. The van der Waals surface area contributed by atoms with Gasteiger partial charge in [-0.05, 0) is 31.7 Å². The number of ketones is 1. The lowest BCUT2D eigenvalue weighted by Gasteiger charge is -2.34. The maximum absolute atomic E-state index is 12.6. The summed E-state index contributed by atoms with van der Waals surface area (Å²) in [6.45, 7) is 10.9. The van der Waals surface area contributed by atoms with Crippen LogP contribution in [0.25, 0.3) is 0 Å². The summed E-state index contributed by atoms with van der Waals surface area (Å²) in [5.74, 6) is 0.601. The van der Waals surface area contributed by atoms with E-state index in [4.69, 9.17) is 0 Å². The first-order chi connectivity index (χ1) is 9.14. The predicted molar refractivity (Wildman–Crippen MR) is 81.5 cm³/mol. The lowest BCUT2D eigenvalue weighted by Crippen LogP contribution is -2.52. The Morgan fingerprint density at radius 2 is 1.90 bits per heavy atom. The van der Waals surface area contributed by atoms with E-state index in [0.29, 0.717) is 5.92 Å². The van der Waals surface area contributed by atoms with Crippen LogP contribution in [-0.2, 0) is 9.59 Å². The summed E-state index contributed by atoms with van der Waals surface area (Å²) in [6, 6.07) is -0.424. The van der Waals surface area contributed by atoms with Crippen LogP contribution in [0, 0.1) is 11.3 Å². The van der Waals surface area contributed by atoms with Gasteiger partial charge in [0.15, 0.2) is 5.78 Å². The van der Waals surface area contributed by atoms with Crippen molar-refractivity contribution in [1.82, 2.24) is 10.2 Å². The van der Waals surface area contributed by atoms with Crippen LogP contribution in [0.4, 0.5) is 0 Å². The van der Waals surface area contributed by atoms with Gasteiger partial charge in [-0.2, -0.15) is 0 Å². The molecule has 0 radical (unpaired) electrons. The van der Waals surface area contributed by atoms with Crippen LogP contribution in [0.2, 0.25) is 0 Å². The Hall–Kier alpha value is -0.900. The maximum Gasteiger partial charge on any atom is 0.240 e. The molecular formula is C16H30N2O2. The Morgan fingerprint density at radius 1 is 1.30 bits per heavy atom. The van der Waals surface area contributed by atoms with Gasteiger partial charge >= 0.3 is 0 Å². The number of hydrogen-bond donors (Lipinski definition) is 1. The predicted octanol–water partition coefficient (Wildman–Crippen LogP) is 2.23. The molecular weight excluding hydrogens is 252 g/mol. The van der Waals surface area contributed by atoms with Crippen LogP contribution >= 0.6 is 0 Å². The van der Waals surface area contributed by atoms with E-state index in [0.717, 1.165) is 25.8 Å². The van der Waals surface area contributed by atoms with E-state index >= 15 is 0 Å². The minimum Gasteiger partial charge on any atom is -0.334 e. The van der Waals surface area contributed by atoms with E-state index < -0.39 is 5.41 Å². The van der Waals surface area contributed by atoms with Crippen molar-refractivity contribution in [3.8, 4) is 0 Å². The number of likely N-dealkylation sites (N-methyl/N-ethyl adjacent to an activating group) is 1. The quantitative estimate of drug-likeness (QED) is 0.841. The lowest BCUT2D eigenvalue weighted by atomic mass is 9.83. The van der Waals surface area contributed by atoms with Crippen molar-refractivity contribution in [1.29, 1.82) is 0 Å². The highest BCUT2D eigenvalue weighted by molar-refractivity contribution is 5.93. The van der Waals surface area contributed by atoms with Gasteiger partial charge in [0.2, 0.25) is 5.91 Å². The molecule has 1 heterocycles. The van der Waals surface area contributed by atoms with Crippen molar-refractivity contribution in [2.24, 2.45) is 11.3 Å². The molecule has 1 aliphatic heterocycles. The first-order valence-electron chi connectivity index (χ1n) is 7.69. The molecule has 0 bridgehead atoms. The number of rotatable bonds is 5. The average Bonchev–Trinajstić information content (AvgIpc) is 2.85. The number of amides is 1. The molecule has 1 fully saturated rings. The van der Waals surface area contributed by atoms with Gasteiger partial charge in [0.05, 0.1) is 12.1 Å². The van der Waals surface area contributed by atoms with E-state index in [-0.39, 0.29) is 23.8 Å². The fraction of sp³-hybridized carbons (Fsp3) is 0.875. The second-order valence-corrected chi connectivity index (χ2v) is 7.36. The fourth-order valence-corrected chi connectivity index (χ4v) is 2.68. The number of nitrogens with zero attached hydrogens (tertiary/aromatic N) is 1. The van der Waals surface area contributed by atoms with E-state index in [1.54, 1.807) is 11.9 Å². The second kappa shape index (κ2) is 6.70. The van der Waals surface area contributed by atoms with Gasteiger partial charge in [-0.25, -0.2) is 0 Å². The molecule has 4 nitrogen and oxygen atoms in total.